The van der Waals surface area contributed by atoms with E-state index in [9.17, 15) is 13.2 Å². The lowest BCUT2D eigenvalue weighted by Crippen LogP contribution is -2.07. The van der Waals surface area contributed by atoms with Crippen LogP contribution in [0, 0.1) is 11.3 Å². The van der Waals surface area contributed by atoms with E-state index in [2.05, 4.69) is 0 Å². The van der Waals surface area contributed by atoms with Gasteiger partial charge in [-0.25, -0.2) is 0 Å². The second-order valence-electron chi connectivity index (χ2n) is 3.91. The molecule has 0 radical (unpaired) electrons. The van der Waals surface area contributed by atoms with Crippen LogP contribution in [-0.4, -0.2) is 5.11 Å². The lowest BCUT2D eigenvalue weighted by Gasteiger charge is -2.10. The highest BCUT2D eigenvalue weighted by Crippen LogP contribution is 2.35. The summed E-state index contributed by atoms with van der Waals surface area (Å²) < 4.78 is 38.0. The van der Waals surface area contributed by atoms with Crippen molar-refractivity contribution in [3.63, 3.8) is 0 Å². The Labute approximate surface area is 117 Å². The standard InChI is InChI=1S/C14H8F3NOS/c15-14(16,17)13-6-5-12(7-9(13)8-18)20-11-3-1-10(19)2-4-11/h1-7,19H. The summed E-state index contributed by atoms with van der Waals surface area (Å²) >= 11 is 1.22. The second-order valence-corrected chi connectivity index (χ2v) is 5.06. The van der Waals surface area contributed by atoms with E-state index in [0.717, 1.165) is 11.0 Å². The maximum Gasteiger partial charge on any atom is 0.417 e. The molecule has 0 fully saturated rings. The maximum atomic E-state index is 12.7. The molecule has 0 aliphatic rings. The van der Waals surface area contributed by atoms with E-state index >= 15 is 0 Å². The van der Waals surface area contributed by atoms with Crippen LogP contribution in [0.15, 0.2) is 52.3 Å². The fraction of sp³-hybridized carbons (Fsp3) is 0.0714. The number of benzene rings is 2. The average molecular weight is 295 g/mol. The zero-order valence-electron chi connectivity index (χ0n) is 9.98. The van der Waals surface area contributed by atoms with Gasteiger partial charge in [-0.1, -0.05) is 11.8 Å². The lowest BCUT2D eigenvalue weighted by atomic mass is 10.1. The van der Waals surface area contributed by atoms with E-state index in [0.29, 0.717) is 4.90 Å². The summed E-state index contributed by atoms with van der Waals surface area (Å²) in [5, 5.41) is 18.0. The Morgan fingerprint density at radius 3 is 2.15 bits per heavy atom. The zero-order valence-corrected chi connectivity index (χ0v) is 10.8. The monoisotopic (exact) mass is 295 g/mol. The molecule has 0 heterocycles. The van der Waals surface area contributed by atoms with Gasteiger partial charge in [-0.05, 0) is 42.5 Å². The highest BCUT2D eigenvalue weighted by atomic mass is 32.2. The van der Waals surface area contributed by atoms with E-state index in [1.54, 1.807) is 18.2 Å². The summed E-state index contributed by atoms with van der Waals surface area (Å²) in [5.41, 5.74) is -1.34. The smallest absolute Gasteiger partial charge is 0.417 e. The third-order valence-corrected chi connectivity index (χ3v) is 3.49. The zero-order chi connectivity index (χ0) is 14.8. The number of phenolic OH excluding ortho intramolecular Hbond substituents is 1. The number of hydrogen-bond acceptors (Lipinski definition) is 3. The Morgan fingerprint density at radius 2 is 1.60 bits per heavy atom. The van der Waals surface area contributed by atoms with Gasteiger partial charge >= 0.3 is 6.18 Å². The summed E-state index contributed by atoms with van der Waals surface area (Å²) in [6, 6.07) is 11.3. The fourth-order valence-corrected chi connectivity index (χ4v) is 2.43. The molecule has 0 aliphatic heterocycles. The highest BCUT2D eigenvalue weighted by molar-refractivity contribution is 7.99. The number of nitriles is 1. The van der Waals surface area contributed by atoms with Crippen molar-refractivity contribution < 1.29 is 18.3 Å². The number of nitrogens with zero attached hydrogens (tertiary/aromatic N) is 1. The number of alkyl halides is 3. The van der Waals surface area contributed by atoms with Crippen LogP contribution in [0.5, 0.6) is 5.75 Å². The molecule has 0 bridgehead atoms. The number of halogens is 3. The van der Waals surface area contributed by atoms with E-state index in [1.165, 1.54) is 36.0 Å². The molecule has 0 amide bonds. The largest absolute Gasteiger partial charge is 0.508 e. The third-order valence-electron chi connectivity index (χ3n) is 2.49. The topological polar surface area (TPSA) is 44.0 Å². The molecule has 0 aromatic heterocycles. The normalized spacial score (nSPS) is 11.1. The van der Waals surface area contributed by atoms with Gasteiger partial charge in [-0.3, -0.25) is 0 Å². The molecule has 0 atom stereocenters. The molecule has 0 spiro atoms. The third kappa shape index (κ3) is 3.25. The van der Waals surface area contributed by atoms with Gasteiger partial charge < -0.3 is 5.11 Å². The Bertz CT molecular complexity index is 660. The first-order chi connectivity index (χ1) is 9.40. The van der Waals surface area contributed by atoms with Gasteiger partial charge in [0.2, 0.25) is 0 Å². The predicted octanol–water partition coefficient (Wildman–Crippen LogP) is 4.43. The molecule has 2 aromatic carbocycles. The number of phenols is 1. The van der Waals surface area contributed by atoms with Crippen LogP contribution in [0.25, 0.3) is 0 Å². The molecule has 1 N–H and O–H groups in total. The van der Waals surface area contributed by atoms with Crippen molar-refractivity contribution in [1.82, 2.24) is 0 Å². The minimum atomic E-state index is -4.53. The maximum absolute atomic E-state index is 12.7. The first-order valence-corrected chi connectivity index (χ1v) is 6.30. The summed E-state index contributed by atoms with van der Waals surface area (Å²) in [4.78, 5) is 1.28. The van der Waals surface area contributed by atoms with Gasteiger partial charge in [0.25, 0.3) is 0 Å². The van der Waals surface area contributed by atoms with Crippen LogP contribution >= 0.6 is 11.8 Å². The molecular formula is C14H8F3NOS. The van der Waals surface area contributed by atoms with Crippen molar-refractivity contribution in [2.45, 2.75) is 16.0 Å². The minimum Gasteiger partial charge on any atom is -0.508 e. The quantitative estimate of drug-likeness (QED) is 0.891. The van der Waals surface area contributed by atoms with Gasteiger partial charge in [0.05, 0.1) is 17.2 Å². The van der Waals surface area contributed by atoms with E-state index in [-0.39, 0.29) is 5.75 Å². The average Bonchev–Trinajstić information content (AvgIpc) is 2.40. The predicted molar refractivity (Wildman–Crippen MR) is 68.4 cm³/mol. The number of rotatable bonds is 2. The van der Waals surface area contributed by atoms with Crippen LogP contribution in [0.1, 0.15) is 11.1 Å². The lowest BCUT2D eigenvalue weighted by molar-refractivity contribution is -0.137. The Hall–Kier alpha value is -2.13. The van der Waals surface area contributed by atoms with Crippen LogP contribution in [0.3, 0.4) is 0 Å². The molecule has 6 heteroatoms. The van der Waals surface area contributed by atoms with Gasteiger partial charge in [0.15, 0.2) is 0 Å². The molecular weight excluding hydrogens is 287 g/mol. The first-order valence-electron chi connectivity index (χ1n) is 5.48. The Balaban J connectivity index is 2.31. The molecule has 20 heavy (non-hydrogen) atoms. The fourth-order valence-electron chi connectivity index (χ4n) is 1.58. The van der Waals surface area contributed by atoms with Crippen molar-refractivity contribution in [1.29, 1.82) is 5.26 Å². The minimum absolute atomic E-state index is 0.111. The number of aromatic hydroxyl groups is 1. The van der Waals surface area contributed by atoms with E-state index in [4.69, 9.17) is 10.4 Å². The molecule has 2 aromatic rings. The molecule has 102 valence electrons. The van der Waals surface area contributed by atoms with Crippen molar-refractivity contribution in [2.75, 3.05) is 0 Å². The SMILES string of the molecule is N#Cc1cc(Sc2ccc(O)cc2)ccc1C(F)(F)F. The molecule has 0 saturated carbocycles. The molecule has 2 rings (SSSR count). The summed E-state index contributed by atoms with van der Waals surface area (Å²) in [6.45, 7) is 0. The summed E-state index contributed by atoms with van der Waals surface area (Å²) in [6.07, 6.45) is -4.53. The summed E-state index contributed by atoms with van der Waals surface area (Å²) in [7, 11) is 0. The first kappa shape index (κ1) is 14.3. The molecule has 0 unspecified atom stereocenters. The van der Waals surface area contributed by atoms with Gasteiger partial charge in [0, 0.05) is 9.79 Å². The van der Waals surface area contributed by atoms with Crippen molar-refractivity contribution >= 4 is 11.8 Å². The molecule has 0 saturated heterocycles. The summed E-state index contributed by atoms with van der Waals surface area (Å²) in [5.74, 6) is 0.111. The van der Waals surface area contributed by atoms with E-state index < -0.39 is 17.3 Å². The van der Waals surface area contributed by atoms with Crippen molar-refractivity contribution in [3.05, 3.63) is 53.6 Å². The highest BCUT2D eigenvalue weighted by Gasteiger charge is 2.33. The van der Waals surface area contributed by atoms with Gasteiger partial charge in [-0.15, -0.1) is 0 Å². The Morgan fingerprint density at radius 1 is 1.00 bits per heavy atom. The number of hydrogen-bond donors (Lipinski definition) is 1. The second kappa shape index (κ2) is 5.47. The van der Waals surface area contributed by atoms with Crippen LogP contribution in [-0.2, 0) is 6.18 Å². The molecule has 0 aliphatic carbocycles. The van der Waals surface area contributed by atoms with Crippen LogP contribution in [0.2, 0.25) is 0 Å². The van der Waals surface area contributed by atoms with Gasteiger partial charge in [-0.2, -0.15) is 18.4 Å². The van der Waals surface area contributed by atoms with E-state index in [1.807, 2.05) is 0 Å². The van der Waals surface area contributed by atoms with Crippen LogP contribution < -0.4 is 0 Å². The van der Waals surface area contributed by atoms with Crippen molar-refractivity contribution in [3.8, 4) is 11.8 Å². The van der Waals surface area contributed by atoms with Gasteiger partial charge in [0.1, 0.15) is 5.75 Å². The van der Waals surface area contributed by atoms with Crippen molar-refractivity contribution in [2.24, 2.45) is 0 Å². The molecule has 2 nitrogen and oxygen atoms in total. The Kier molecular flexibility index (Phi) is 3.91. The van der Waals surface area contributed by atoms with Crippen LogP contribution in [0.4, 0.5) is 13.2 Å².